The summed E-state index contributed by atoms with van der Waals surface area (Å²) >= 11 is 0. The molecular formula is C14H26N2O. The van der Waals surface area contributed by atoms with Gasteiger partial charge in [0.2, 0.25) is 5.91 Å². The monoisotopic (exact) mass is 238 g/mol. The van der Waals surface area contributed by atoms with Crippen LogP contribution in [-0.2, 0) is 4.79 Å². The van der Waals surface area contributed by atoms with E-state index < -0.39 is 0 Å². The van der Waals surface area contributed by atoms with E-state index in [0.29, 0.717) is 11.9 Å². The standard InChI is InChI=1S/C14H26N2O/c1-10(2)14(17)16-6-4-12(5-7-16)15-13-8-11(3)9-13/h10-13,15H,4-9H2,1-3H3. The average molecular weight is 238 g/mol. The number of carbonyl (C=O) groups is 1. The Morgan fingerprint density at radius 1 is 1.18 bits per heavy atom. The van der Waals surface area contributed by atoms with Crippen LogP contribution >= 0.6 is 0 Å². The van der Waals surface area contributed by atoms with Crippen molar-refractivity contribution in [2.24, 2.45) is 11.8 Å². The van der Waals surface area contributed by atoms with E-state index in [1.165, 1.54) is 12.8 Å². The Kier molecular flexibility index (Phi) is 4.08. The van der Waals surface area contributed by atoms with E-state index in [4.69, 9.17) is 0 Å². The summed E-state index contributed by atoms with van der Waals surface area (Å²) in [4.78, 5) is 13.9. The molecule has 0 unspecified atom stereocenters. The summed E-state index contributed by atoms with van der Waals surface area (Å²) < 4.78 is 0. The molecule has 3 nitrogen and oxygen atoms in total. The lowest BCUT2D eigenvalue weighted by Gasteiger charge is -2.40. The molecule has 98 valence electrons. The SMILES string of the molecule is CC1CC(NC2CCN(C(=O)C(C)C)CC2)C1. The molecule has 0 atom stereocenters. The highest BCUT2D eigenvalue weighted by molar-refractivity contribution is 5.78. The molecule has 0 aromatic rings. The first-order chi connectivity index (χ1) is 8.06. The van der Waals surface area contributed by atoms with Crippen molar-refractivity contribution in [1.82, 2.24) is 10.2 Å². The van der Waals surface area contributed by atoms with Crippen molar-refractivity contribution in [1.29, 1.82) is 0 Å². The smallest absolute Gasteiger partial charge is 0.225 e. The summed E-state index contributed by atoms with van der Waals surface area (Å²) in [6.07, 6.45) is 4.93. The first-order valence-corrected chi connectivity index (χ1v) is 7.11. The van der Waals surface area contributed by atoms with E-state index >= 15 is 0 Å². The highest BCUT2D eigenvalue weighted by atomic mass is 16.2. The zero-order chi connectivity index (χ0) is 12.4. The zero-order valence-electron chi connectivity index (χ0n) is 11.4. The van der Waals surface area contributed by atoms with Crippen LogP contribution in [0.15, 0.2) is 0 Å². The Labute approximate surface area is 105 Å². The van der Waals surface area contributed by atoms with Crippen LogP contribution in [0.5, 0.6) is 0 Å². The van der Waals surface area contributed by atoms with E-state index in [9.17, 15) is 4.79 Å². The molecule has 1 amide bonds. The van der Waals surface area contributed by atoms with E-state index in [-0.39, 0.29) is 5.92 Å². The van der Waals surface area contributed by atoms with Crippen LogP contribution in [0.4, 0.5) is 0 Å². The number of piperidine rings is 1. The molecule has 0 spiro atoms. The number of amides is 1. The van der Waals surface area contributed by atoms with Gasteiger partial charge < -0.3 is 10.2 Å². The second-order valence-corrected chi connectivity index (χ2v) is 6.19. The number of nitrogens with zero attached hydrogens (tertiary/aromatic N) is 1. The zero-order valence-corrected chi connectivity index (χ0v) is 11.4. The molecule has 1 saturated heterocycles. The molecule has 0 radical (unpaired) electrons. The third-order valence-corrected chi connectivity index (χ3v) is 4.15. The lowest BCUT2D eigenvalue weighted by molar-refractivity contribution is -0.135. The second-order valence-electron chi connectivity index (χ2n) is 6.19. The van der Waals surface area contributed by atoms with Gasteiger partial charge in [0.1, 0.15) is 0 Å². The van der Waals surface area contributed by atoms with Gasteiger partial charge in [0.15, 0.2) is 0 Å². The van der Waals surface area contributed by atoms with Gasteiger partial charge in [-0.25, -0.2) is 0 Å². The number of likely N-dealkylation sites (tertiary alicyclic amines) is 1. The van der Waals surface area contributed by atoms with Crippen molar-refractivity contribution in [2.45, 2.75) is 58.5 Å². The Morgan fingerprint density at radius 2 is 1.76 bits per heavy atom. The molecule has 0 aromatic carbocycles. The summed E-state index contributed by atoms with van der Waals surface area (Å²) in [6, 6.07) is 1.39. The normalized spacial score (nSPS) is 30.5. The number of nitrogens with one attached hydrogen (secondary N) is 1. The minimum atomic E-state index is 0.145. The molecule has 3 heteroatoms. The number of rotatable bonds is 3. The molecule has 1 aliphatic heterocycles. The Balaban J connectivity index is 1.69. The van der Waals surface area contributed by atoms with Crippen LogP contribution in [-0.4, -0.2) is 36.0 Å². The molecule has 2 aliphatic rings. The maximum atomic E-state index is 11.8. The maximum absolute atomic E-state index is 11.8. The second kappa shape index (κ2) is 5.38. The minimum Gasteiger partial charge on any atom is -0.342 e. The van der Waals surface area contributed by atoms with E-state index in [2.05, 4.69) is 12.2 Å². The summed E-state index contributed by atoms with van der Waals surface area (Å²) in [5, 5.41) is 3.74. The fourth-order valence-corrected chi connectivity index (χ4v) is 3.00. The first-order valence-electron chi connectivity index (χ1n) is 7.11. The highest BCUT2D eigenvalue weighted by Gasteiger charge is 2.30. The molecule has 1 saturated carbocycles. The molecule has 2 rings (SSSR count). The van der Waals surface area contributed by atoms with E-state index in [1.807, 2.05) is 18.7 Å². The molecule has 1 N–H and O–H groups in total. The average Bonchev–Trinajstić information content (AvgIpc) is 2.27. The van der Waals surface area contributed by atoms with Gasteiger partial charge >= 0.3 is 0 Å². The topological polar surface area (TPSA) is 32.3 Å². The minimum absolute atomic E-state index is 0.145. The van der Waals surface area contributed by atoms with Gasteiger partial charge in [-0.2, -0.15) is 0 Å². The number of carbonyl (C=O) groups excluding carboxylic acids is 1. The van der Waals surface area contributed by atoms with Gasteiger partial charge in [0, 0.05) is 31.1 Å². The molecule has 0 aromatic heterocycles. The van der Waals surface area contributed by atoms with Gasteiger partial charge in [-0.1, -0.05) is 20.8 Å². The fraction of sp³-hybridized carbons (Fsp3) is 0.929. The third kappa shape index (κ3) is 3.21. The van der Waals surface area contributed by atoms with Crippen LogP contribution in [0.25, 0.3) is 0 Å². The predicted molar refractivity (Wildman–Crippen MR) is 69.8 cm³/mol. The van der Waals surface area contributed by atoms with Crippen LogP contribution in [0.2, 0.25) is 0 Å². The Bertz CT molecular complexity index is 263. The first kappa shape index (κ1) is 12.9. The molecule has 0 bridgehead atoms. The van der Waals surface area contributed by atoms with Gasteiger partial charge in [0.25, 0.3) is 0 Å². The van der Waals surface area contributed by atoms with Crippen molar-refractivity contribution in [3.8, 4) is 0 Å². The number of hydrogen-bond acceptors (Lipinski definition) is 2. The van der Waals surface area contributed by atoms with Crippen molar-refractivity contribution in [3.63, 3.8) is 0 Å². The summed E-state index contributed by atoms with van der Waals surface area (Å²) in [5.74, 6) is 1.38. The van der Waals surface area contributed by atoms with Crippen molar-refractivity contribution in [2.75, 3.05) is 13.1 Å². The largest absolute Gasteiger partial charge is 0.342 e. The van der Waals surface area contributed by atoms with Crippen LogP contribution in [0.3, 0.4) is 0 Å². The molecule has 1 heterocycles. The van der Waals surface area contributed by atoms with Gasteiger partial charge in [-0.3, -0.25) is 4.79 Å². The van der Waals surface area contributed by atoms with Crippen LogP contribution in [0.1, 0.15) is 46.5 Å². The molecule has 2 fully saturated rings. The molecular weight excluding hydrogens is 212 g/mol. The highest BCUT2D eigenvalue weighted by Crippen LogP contribution is 2.27. The lowest BCUT2D eigenvalue weighted by atomic mass is 9.81. The lowest BCUT2D eigenvalue weighted by Crippen LogP contribution is -2.51. The fourth-order valence-electron chi connectivity index (χ4n) is 3.00. The van der Waals surface area contributed by atoms with Gasteiger partial charge in [-0.05, 0) is 31.6 Å². The Morgan fingerprint density at radius 3 is 2.24 bits per heavy atom. The quantitative estimate of drug-likeness (QED) is 0.816. The molecule has 1 aliphatic carbocycles. The Hall–Kier alpha value is -0.570. The molecule has 17 heavy (non-hydrogen) atoms. The summed E-state index contributed by atoms with van der Waals surface area (Å²) in [6.45, 7) is 8.18. The van der Waals surface area contributed by atoms with Crippen LogP contribution in [0, 0.1) is 11.8 Å². The van der Waals surface area contributed by atoms with Crippen LogP contribution < -0.4 is 5.32 Å². The summed E-state index contributed by atoms with van der Waals surface area (Å²) in [7, 11) is 0. The van der Waals surface area contributed by atoms with E-state index in [1.54, 1.807) is 0 Å². The van der Waals surface area contributed by atoms with Gasteiger partial charge in [0.05, 0.1) is 0 Å². The van der Waals surface area contributed by atoms with Gasteiger partial charge in [-0.15, -0.1) is 0 Å². The van der Waals surface area contributed by atoms with Crippen molar-refractivity contribution in [3.05, 3.63) is 0 Å². The number of hydrogen-bond donors (Lipinski definition) is 1. The predicted octanol–water partition coefficient (Wildman–Crippen LogP) is 2.02. The maximum Gasteiger partial charge on any atom is 0.225 e. The summed E-state index contributed by atoms with van der Waals surface area (Å²) in [5.41, 5.74) is 0. The third-order valence-electron chi connectivity index (χ3n) is 4.15. The van der Waals surface area contributed by atoms with Crippen molar-refractivity contribution < 1.29 is 4.79 Å². The van der Waals surface area contributed by atoms with E-state index in [0.717, 1.165) is 37.9 Å². The van der Waals surface area contributed by atoms with Crippen molar-refractivity contribution >= 4 is 5.91 Å².